The molecule has 134 valence electrons. The van der Waals surface area contributed by atoms with Crippen LogP contribution in [0, 0.1) is 11.6 Å². The van der Waals surface area contributed by atoms with Gasteiger partial charge in [-0.15, -0.1) is 0 Å². The van der Waals surface area contributed by atoms with Gasteiger partial charge in [0.1, 0.15) is 11.6 Å². The van der Waals surface area contributed by atoms with Crippen molar-refractivity contribution in [2.24, 2.45) is 0 Å². The molecule has 1 aliphatic heterocycles. The van der Waals surface area contributed by atoms with Crippen molar-refractivity contribution in [1.29, 1.82) is 0 Å². The lowest BCUT2D eigenvalue weighted by atomic mass is 10.00. The van der Waals surface area contributed by atoms with E-state index in [4.69, 9.17) is 5.11 Å². The van der Waals surface area contributed by atoms with Crippen molar-refractivity contribution in [1.82, 2.24) is 9.80 Å². The monoisotopic (exact) mass is 346 g/mol. The number of β-amino-alcohol motifs (C(OH)–C–C–N with tert-alkyl or cyclic N) is 1. The molecule has 0 bridgehead atoms. The maximum Gasteiger partial charge on any atom is 0.133 e. The van der Waals surface area contributed by atoms with E-state index in [0.717, 1.165) is 44.4 Å². The lowest BCUT2D eigenvalue weighted by Crippen LogP contribution is -2.47. The van der Waals surface area contributed by atoms with Crippen LogP contribution in [0.25, 0.3) is 11.1 Å². The van der Waals surface area contributed by atoms with E-state index in [1.807, 2.05) is 24.3 Å². The number of hydrogen-bond donors (Lipinski definition) is 1. The number of rotatable bonds is 5. The van der Waals surface area contributed by atoms with Crippen molar-refractivity contribution < 1.29 is 13.9 Å². The van der Waals surface area contributed by atoms with E-state index >= 15 is 0 Å². The van der Waals surface area contributed by atoms with Gasteiger partial charge in [-0.2, -0.15) is 0 Å². The van der Waals surface area contributed by atoms with E-state index in [1.165, 1.54) is 17.7 Å². The summed E-state index contributed by atoms with van der Waals surface area (Å²) in [5.41, 5.74) is 2.35. The molecule has 1 fully saturated rings. The molecule has 1 unspecified atom stereocenters. The van der Waals surface area contributed by atoms with Gasteiger partial charge in [0.05, 0.1) is 6.61 Å². The van der Waals surface area contributed by atoms with Crippen molar-refractivity contribution in [3.05, 3.63) is 59.7 Å². The molecule has 0 aromatic heterocycles. The van der Waals surface area contributed by atoms with Gasteiger partial charge in [0.25, 0.3) is 0 Å². The second kappa shape index (κ2) is 8.04. The largest absolute Gasteiger partial charge is 0.395 e. The zero-order chi connectivity index (χ0) is 17.8. The predicted octanol–water partition coefficient (Wildman–Crippen LogP) is 3.30. The summed E-state index contributed by atoms with van der Waals surface area (Å²) in [4.78, 5) is 4.69. The molecule has 1 heterocycles. The van der Waals surface area contributed by atoms with Gasteiger partial charge in [0.2, 0.25) is 0 Å². The summed E-state index contributed by atoms with van der Waals surface area (Å²) >= 11 is 0. The first-order valence-electron chi connectivity index (χ1n) is 8.71. The highest BCUT2D eigenvalue weighted by Crippen LogP contribution is 2.27. The van der Waals surface area contributed by atoms with Crippen LogP contribution in [0.2, 0.25) is 0 Å². The van der Waals surface area contributed by atoms with Crippen molar-refractivity contribution in [2.45, 2.75) is 13.0 Å². The summed E-state index contributed by atoms with van der Waals surface area (Å²) in [5, 5.41) is 9.02. The Kier molecular flexibility index (Phi) is 5.78. The first-order chi connectivity index (χ1) is 12.1. The molecule has 3 rings (SSSR count). The summed E-state index contributed by atoms with van der Waals surface area (Å²) in [6.45, 7) is 6.98. The van der Waals surface area contributed by atoms with Gasteiger partial charge in [-0.1, -0.05) is 24.3 Å². The number of aliphatic hydroxyl groups excluding tert-OH is 1. The average molecular weight is 346 g/mol. The summed E-state index contributed by atoms with van der Waals surface area (Å²) in [5.74, 6) is -1.10. The number of piperazine rings is 1. The third-order valence-electron chi connectivity index (χ3n) is 5.01. The Balaban J connectivity index is 1.68. The van der Waals surface area contributed by atoms with Crippen molar-refractivity contribution in [3.8, 4) is 11.1 Å². The van der Waals surface area contributed by atoms with E-state index in [0.29, 0.717) is 5.56 Å². The highest BCUT2D eigenvalue weighted by Gasteiger charge is 2.21. The summed E-state index contributed by atoms with van der Waals surface area (Å²) in [7, 11) is 0. The molecule has 1 aliphatic rings. The van der Waals surface area contributed by atoms with Crippen LogP contribution in [0.15, 0.2) is 42.5 Å². The van der Waals surface area contributed by atoms with Gasteiger partial charge in [0, 0.05) is 50.4 Å². The third-order valence-corrected chi connectivity index (χ3v) is 5.01. The summed E-state index contributed by atoms with van der Waals surface area (Å²) in [6.07, 6.45) is 0. The third kappa shape index (κ3) is 4.24. The Morgan fingerprint density at radius 3 is 2.28 bits per heavy atom. The lowest BCUT2D eigenvalue weighted by molar-refractivity contribution is 0.0888. The van der Waals surface area contributed by atoms with E-state index < -0.39 is 11.6 Å². The average Bonchev–Trinajstić information content (AvgIpc) is 2.62. The van der Waals surface area contributed by atoms with Crippen molar-refractivity contribution in [3.63, 3.8) is 0 Å². The molecular weight excluding hydrogens is 322 g/mol. The smallest absolute Gasteiger partial charge is 0.133 e. The molecule has 1 saturated heterocycles. The van der Waals surface area contributed by atoms with E-state index in [2.05, 4.69) is 16.7 Å². The molecule has 1 atom stereocenters. The minimum atomic E-state index is -0.563. The maximum absolute atomic E-state index is 13.9. The number of nitrogens with zero attached hydrogens (tertiary/aromatic N) is 2. The first kappa shape index (κ1) is 18.0. The molecule has 2 aromatic carbocycles. The topological polar surface area (TPSA) is 26.7 Å². The minimum Gasteiger partial charge on any atom is -0.395 e. The lowest BCUT2D eigenvalue weighted by Gasteiger charge is -2.38. The van der Waals surface area contributed by atoms with Crippen molar-refractivity contribution >= 4 is 0 Å². The SMILES string of the molecule is CC(c1ccc(-c2ccc(F)cc2F)cc1)N1CCN(CCO)CC1. The van der Waals surface area contributed by atoms with Crippen LogP contribution in [-0.4, -0.2) is 54.2 Å². The van der Waals surface area contributed by atoms with Crippen molar-refractivity contribution in [2.75, 3.05) is 39.3 Å². The number of benzene rings is 2. The number of hydrogen-bond acceptors (Lipinski definition) is 3. The predicted molar refractivity (Wildman–Crippen MR) is 95.3 cm³/mol. The van der Waals surface area contributed by atoms with Crippen LogP contribution in [0.4, 0.5) is 8.78 Å². The van der Waals surface area contributed by atoms with Gasteiger partial charge in [0.15, 0.2) is 0 Å². The molecule has 0 aliphatic carbocycles. The van der Waals surface area contributed by atoms with Gasteiger partial charge in [-0.25, -0.2) is 8.78 Å². The highest BCUT2D eigenvalue weighted by atomic mass is 19.1. The zero-order valence-electron chi connectivity index (χ0n) is 14.5. The van der Waals surface area contributed by atoms with E-state index in [9.17, 15) is 8.78 Å². The van der Waals surface area contributed by atoms with Gasteiger partial charge >= 0.3 is 0 Å². The van der Waals surface area contributed by atoms with Crippen LogP contribution in [0.3, 0.4) is 0 Å². The molecule has 0 amide bonds. The fourth-order valence-corrected chi connectivity index (χ4v) is 3.39. The summed E-state index contributed by atoms with van der Waals surface area (Å²) < 4.78 is 27.0. The molecular formula is C20H24F2N2O. The normalized spacial score (nSPS) is 17.6. The zero-order valence-corrected chi connectivity index (χ0v) is 14.5. The Morgan fingerprint density at radius 2 is 1.68 bits per heavy atom. The second-order valence-corrected chi connectivity index (χ2v) is 6.52. The first-order valence-corrected chi connectivity index (χ1v) is 8.71. The number of halogens is 2. The van der Waals surface area contributed by atoms with Crippen LogP contribution in [0.1, 0.15) is 18.5 Å². The maximum atomic E-state index is 13.9. The van der Waals surface area contributed by atoms with Crippen LogP contribution in [-0.2, 0) is 0 Å². The fourth-order valence-electron chi connectivity index (χ4n) is 3.39. The van der Waals surface area contributed by atoms with Crippen LogP contribution < -0.4 is 0 Å². The quantitative estimate of drug-likeness (QED) is 0.900. The van der Waals surface area contributed by atoms with Gasteiger partial charge < -0.3 is 5.11 Å². The Morgan fingerprint density at radius 1 is 1.00 bits per heavy atom. The van der Waals surface area contributed by atoms with Gasteiger partial charge in [-0.05, 0) is 30.2 Å². The Hall–Kier alpha value is -1.82. The molecule has 0 radical (unpaired) electrons. The fraction of sp³-hybridized carbons (Fsp3) is 0.400. The molecule has 0 spiro atoms. The molecule has 25 heavy (non-hydrogen) atoms. The molecule has 1 N–H and O–H groups in total. The molecule has 0 saturated carbocycles. The Labute approximate surface area is 147 Å². The highest BCUT2D eigenvalue weighted by molar-refractivity contribution is 5.64. The van der Waals surface area contributed by atoms with E-state index in [-0.39, 0.29) is 12.6 Å². The van der Waals surface area contributed by atoms with Crippen LogP contribution >= 0.6 is 0 Å². The minimum absolute atomic E-state index is 0.205. The van der Waals surface area contributed by atoms with E-state index in [1.54, 1.807) is 0 Å². The standard InChI is InChI=1S/C20H24F2N2O/c1-15(24-10-8-23(9-11-24)12-13-25)16-2-4-17(5-3-16)19-7-6-18(21)14-20(19)22/h2-7,14-15,25H,8-13H2,1H3. The summed E-state index contributed by atoms with van der Waals surface area (Å²) in [6, 6.07) is 11.8. The number of aliphatic hydroxyl groups is 1. The molecule has 3 nitrogen and oxygen atoms in total. The second-order valence-electron chi connectivity index (χ2n) is 6.52. The van der Waals surface area contributed by atoms with Gasteiger partial charge in [-0.3, -0.25) is 9.80 Å². The molecule has 2 aromatic rings. The Bertz CT molecular complexity index is 697. The molecule has 5 heteroatoms. The van der Waals surface area contributed by atoms with Crippen LogP contribution in [0.5, 0.6) is 0 Å².